The van der Waals surface area contributed by atoms with Crippen LogP contribution in [0.15, 0.2) is 60.7 Å². The summed E-state index contributed by atoms with van der Waals surface area (Å²) in [7, 11) is 0. The van der Waals surface area contributed by atoms with Crippen molar-refractivity contribution in [1.82, 2.24) is 0 Å². The van der Waals surface area contributed by atoms with Crippen molar-refractivity contribution < 1.29 is 19.2 Å². The summed E-state index contributed by atoms with van der Waals surface area (Å²) in [6, 6.07) is 5.26. The van der Waals surface area contributed by atoms with Gasteiger partial charge in [-0.1, -0.05) is 43.4 Å². The lowest BCUT2D eigenvalue weighted by Crippen LogP contribution is -2.11. The van der Waals surface area contributed by atoms with Crippen LogP contribution in [0, 0.1) is 10.1 Å². The van der Waals surface area contributed by atoms with Gasteiger partial charge in [0, 0.05) is 12.1 Å². The van der Waals surface area contributed by atoms with Gasteiger partial charge in [0.05, 0.1) is 11.5 Å². The number of carbonyl (C=O) groups excluding carboxylic acids is 1. The van der Waals surface area contributed by atoms with E-state index in [-0.39, 0.29) is 18.0 Å². The third-order valence-electron chi connectivity index (χ3n) is 3.51. The number of ether oxygens (including phenoxy) is 2. The van der Waals surface area contributed by atoms with Gasteiger partial charge in [0.2, 0.25) is 0 Å². The number of nitro groups is 1. The van der Waals surface area contributed by atoms with Gasteiger partial charge in [0.25, 0.3) is 5.69 Å². The minimum Gasteiger partial charge on any atom is -0.434 e. The third kappa shape index (κ3) is 11.4. The second-order valence-electron chi connectivity index (χ2n) is 5.74. The molecule has 0 atom stereocenters. The van der Waals surface area contributed by atoms with Crippen LogP contribution in [0.4, 0.5) is 10.5 Å². The number of rotatable bonds is 12. The molecule has 0 saturated heterocycles. The molecular formula is C21H27NO5. The Bertz CT molecular complexity index is 647. The van der Waals surface area contributed by atoms with E-state index in [2.05, 4.69) is 43.4 Å². The molecule has 1 aromatic carbocycles. The number of allylic oxidation sites excluding steroid dienone is 6. The molecule has 6 heteroatoms. The molecule has 0 heterocycles. The molecule has 1 aromatic rings. The second kappa shape index (κ2) is 14.3. The molecule has 27 heavy (non-hydrogen) atoms. The fourth-order valence-electron chi connectivity index (χ4n) is 2.11. The molecular weight excluding hydrogens is 346 g/mol. The molecule has 0 bridgehead atoms. The molecule has 1 rings (SSSR count). The Labute approximate surface area is 160 Å². The minimum atomic E-state index is -0.804. The van der Waals surface area contributed by atoms with Crippen molar-refractivity contribution in [3.63, 3.8) is 0 Å². The first-order valence-electron chi connectivity index (χ1n) is 9.17. The van der Waals surface area contributed by atoms with Crippen molar-refractivity contribution in [2.24, 2.45) is 0 Å². The Hall–Kier alpha value is -2.89. The van der Waals surface area contributed by atoms with Crippen molar-refractivity contribution in [3.8, 4) is 5.75 Å². The maximum atomic E-state index is 11.5. The van der Waals surface area contributed by atoms with E-state index in [4.69, 9.17) is 9.47 Å². The van der Waals surface area contributed by atoms with Gasteiger partial charge in [-0.05, 0) is 50.7 Å². The summed E-state index contributed by atoms with van der Waals surface area (Å²) in [5, 5.41) is 10.5. The Morgan fingerprint density at radius 1 is 1.00 bits per heavy atom. The third-order valence-corrected chi connectivity index (χ3v) is 3.51. The lowest BCUT2D eigenvalue weighted by atomic mass is 10.2. The summed E-state index contributed by atoms with van der Waals surface area (Å²) in [5.74, 6) is 0.215. The van der Waals surface area contributed by atoms with Crippen molar-refractivity contribution in [2.45, 2.75) is 45.4 Å². The standard InChI is InChI=1S/C21H27NO5/c1-2-3-4-5-6-7-8-9-10-11-12-13-18-26-21(23)27-20-16-14-19(15-17-20)22(24)25/h3-4,6-7,9-10,14-17H,2,5,8,11-13,18H2,1H3/b4-3-,7-6-,10-9-. The van der Waals surface area contributed by atoms with Gasteiger partial charge >= 0.3 is 6.16 Å². The molecule has 0 aliphatic carbocycles. The van der Waals surface area contributed by atoms with Gasteiger partial charge in [-0.15, -0.1) is 0 Å². The van der Waals surface area contributed by atoms with Crippen molar-refractivity contribution in [1.29, 1.82) is 0 Å². The second-order valence-corrected chi connectivity index (χ2v) is 5.74. The zero-order valence-electron chi connectivity index (χ0n) is 15.7. The molecule has 0 aliphatic heterocycles. The Morgan fingerprint density at radius 3 is 2.26 bits per heavy atom. The van der Waals surface area contributed by atoms with E-state index < -0.39 is 11.1 Å². The highest BCUT2D eigenvalue weighted by atomic mass is 16.7. The van der Waals surface area contributed by atoms with Crippen LogP contribution < -0.4 is 4.74 Å². The molecule has 0 aromatic heterocycles. The topological polar surface area (TPSA) is 78.7 Å². The molecule has 0 N–H and O–H groups in total. The molecule has 0 fully saturated rings. The van der Waals surface area contributed by atoms with Gasteiger partial charge < -0.3 is 9.47 Å². The maximum Gasteiger partial charge on any atom is 0.513 e. The van der Waals surface area contributed by atoms with Crippen LogP contribution in [0.25, 0.3) is 0 Å². The average molecular weight is 373 g/mol. The van der Waals surface area contributed by atoms with E-state index in [1.54, 1.807) is 0 Å². The number of benzene rings is 1. The monoisotopic (exact) mass is 373 g/mol. The molecule has 0 radical (unpaired) electrons. The predicted octanol–water partition coefficient (Wildman–Crippen LogP) is 6.14. The number of unbranched alkanes of at least 4 members (excludes halogenated alkanes) is 2. The summed E-state index contributed by atoms with van der Waals surface area (Å²) in [6.45, 7) is 2.40. The first kappa shape index (κ1) is 22.2. The number of hydrogen-bond acceptors (Lipinski definition) is 5. The number of non-ortho nitro benzene ring substituents is 1. The SMILES string of the molecule is CC/C=C\C/C=C\C/C=C\CCCCOC(=O)Oc1ccc([N+](=O)[O-])cc1. The first-order valence-corrected chi connectivity index (χ1v) is 9.17. The minimum absolute atomic E-state index is 0.0624. The summed E-state index contributed by atoms with van der Waals surface area (Å²) in [4.78, 5) is 21.6. The number of hydrogen-bond donors (Lipinski definition) is 0. The van der Waals surface area contributed by atoms with Crippen LogP contribution in [0.2, 0.25) is 0 Å². The highest BCUT2D eigenvalue weighted by molar-refractivity contribution is 5.63. The van der Waals surface area contributed by atoms with Crippen LogP contribution in [0.5, 0.6) is 5.75 Å². The fraction of sp³-hybridized carbons (Fsp3) is 0.381. The van der Waals surface area contributed by atoms with Crippen LogP contribution in [0.1, 0.15) is 45.4 Å². The number of nitro benzene ring substituents is 1. The maximum absolute atomic E-state index is 11.5. The summed E-state index contributed by atoms with van der Waals surface area (Å²) in [6.07, 6.45) is 17.7. The molecule has 0 aliphatic rings. The van der Waals surface area contributed by atoms with Crippen LogP contribution >= 0.6 is 0 Å². The van der Waals surface area contributed by atoms with Gasteiger partial charge in [-0.2, -0.15) is 0 Å². The lowest BCUT2D eigenvalue weighted by Gasteiger charge is -2.05. The zero-order valence-corrected chi connectivity index (χ0v) is 15.7. The molecule has 6 nitrogen and oxygen atoms in total. The van der Waals surface area contributed by atoms with Gasteiger partial charge in [-0.3, -0.25) is 10.1 Å². The van der Waals surface area contributed by atoms with Crippen molar-refractivity contribution >= 4 is 11.8 Å². The van der Waals surface area contributed by atoms with E-state index in [0.29, 0.717) is 0 Å². The summed E-state index contributed by atoms with van der Waals surface area (Å²) < 4.78 is 9.92. The van der Waals surface area contributed by atoms with E-state index in [9.17, 15) is 14.9 Å². The molecule has 0 spiro atoms. The first-order chi connectivity index (χ1) is 13.1. The molecule has 0 unspecified atom stereocenters. The molecule has 146 valence electrons. The smallest absolute Gasteiger partial charge is 0.434 e. The quantitative estimate of drug-likeness (QED) is 0.110. The van der Waals surface area contributed by atoms with Crippen LogP contribution in [-0.2, 0) is 4.74 Å². The van der Waals surface area contributed by atoms with Crippen molar-refractivity contribution in [2.75, 3.05) is 6.61 Å². The zero-order chi connectivity index (χ0) is 19.7. The fourth-order valence-corrected chi connectivity index (χ4v) is 2.11. The Morgan fingerprint density at radius 2 is 1.63 bits per heavy atom. The van der Waals surface area contributed by atoms with Gasteiger partial charge in [0.1, 0.15) is 5.75 Å². The van der Waals surface area contributed by atoms with E-state index in [1.807, 2.05) is 0 Å². The predicted molar refractivity (Wildman–Crippen MR) is 106 cm³/mol. The summed E-state index contributed by atoms with van der Waals surface area (Å²) in [5.41, 5.74) is -0.0624. The molecule has 0 amide bonds. The number of carbonyl (C=O) groups is 1. The normalized spacial score (nSPS) is 11.4. The van der Waals surface area contributed by atoms with E-state index in [0.717, 1.165) is 38.5 Å². The van der Waals surface area contributed by atoms with Gasteiger partial charge in [0.15, 0.2) is 0 Å². The highest BCUT2D eigenvalue weighted by Gasteiger charge is 2.08. The highest BCUT2D eigenvalue weighted by Crippen LogP contribution is 2.17. The van der Waals surface area contributed by atoms with Gasteiger partial charge in [-0.25, -0.2) is 4.79 Å². The summed E-state index contributed by atoms with van der Waals surface area (Å²) >= 11 is 0. The largest absolute Gasteiger partial charge is 0.513 e. The van der Waals surface area contributed by atoms with Crippen molar-refractivity contribution in [3.05, 3.63) is 70.8 Å². The molecule has 0 saturated carbocycles. The number of nitrogens with zero attached hydrogens (tertiary/aromatic N) is 1. The lowest BCUT2D eigenvalue weighted by molar-refractivity contribution is -0.384. The van der Waals surface area contributed by atoms with E-state index >= 15 is 0 Å². The average Bonchev–Trinajstić information content (AvgIpc) is 2.66. The van der Waals surface area contributed by atoms with E-state index in [1.165, 1.54) is 24.3 Å². The van der Waals surface area contributed by atoms with Crippen LogP contribution in [0.3, 0.4) is 0 Å². The Balaban J connectivity index is 2.05. The van der Waals surface area contributed by atoms with Crippen LogP contribution in [-0.4, -0.2) is 17.7 Å². The Kier molecular flexibility index (Phi) is 11.7.